The summed E-state index contributed by atoms with van der Waals surface area (Å²) >= 11 is 0. The standard InChI is InChI=1S/C13H13NO3/c15-11-3-1-2-4-13(11)17-9-12(16)10-5-7-14-8-6-10/h1-8,12,15-16H,9H2. The molecule has 0 aliphatic rings. The summed E-state index contributed by atoms with van der Waals surface area (Å²) in [5.41, 5.74) is 0.732. The number of benzene rings is 1. The molecule has 1 heterocycles. The van der Waals surface area contributed by atoms with Gasteiger partial charge in [0.1, 0.15) is 12.7 Å². The van der Waals surface area contributed by atoms with Crippen LogP contribution in [-0.2, 0) is 0 Å². The van der Waals surface area contributed by atoms with Crippen LogP contribution >= 0.6 is 0 Å². The fourth-order valence-corrected chi connectivity index (χ4v) is 1.43. The number of para-hydroxylation sites is 2. The molecule has 0 bridgehead atoms. The summed E-state index contributed by atoms with van der Waals surface area (Å²) in [6.07, 6.45) is 2.48. The van der Waals surface area contributed by atoms with Gasteiger partial charge >= 0.3 is 0 Å². The predicted molar refractivity (Wildman–Crippen MR) is 62.8 cm³/mol. The number of rotatable bonds is 4. The van der Waals surface area contributed by atoms with Crippen molar-refractivity contribution in [1.82, 2.24) is 4.98 Å². The predicted octanol–water partition coefficient (Wildman–Crippen LogP) is 1.90. The average Bonchev–Trinajstić information content (AvgIpc) is 2.38. The Balaban J connectivity index is 1.97. The molecule has 0 saturated heterocycles. The second-order valence-corrected chi connectivity index (χ2v) is 3.58. The van der Waals surface area contributed by atoms with Crippen LogP contribution in [0.25, 0.3) is 0 Å². The second kappa shape index (κ2) is 5.32. The summed E-state index contributed by atoms with van der Waals surface area (Å²) in [6.45, 7) is 0.0849. The molecule has 0 fully saturated rings. The number of phenols is 1. The Morgan fingerprint density at radius 3 is 2.53 bits per heavy atom. The molecule has 2 N–H and O–H groups in total. The zero-order valence-corrected chi connectivity index (χ0v) is 9.15. The number of phenolic OH excluding ortho intramolecular Hbond substituents is 1. The van der Waals surface area contributed by atoms with Gasteiger partial charge in [0.05, 0.1) is 0 Å². The van der Waals surface area contributed by atoms with Gasteiger partial charge in [0.25, 0.3) is 0 Å². The molecule has 4 nitrogen and oxygen atoms in total. The van der Waals surface area contributed by atoms with E-state index >= 15 is 0 Å². The largest absolute Gasteiger partial charge is 0.504 e. The smallest absolute Gasteiger partial charge is 0.161 e. The zero-order valence-electron chi connectivity index (χ0n) is 9.15. The first-order chi connectivity index (χ1) is 8.27. The summed E-state index contributed by atoms with van der Waals surface area (Å²) < 4.78 is 5.33. The van der Waals surface area contributed by atoms with Gasteiger partial charge < -0.3 is 14.9 Å². The van der Waals surface area contributed by atoms with Crippen molar-refractivity contribution in [3.8, 4) is 11.5 Å². The van der Waals surface area contributed by atoms with Gasteiger partial charge in [-0.2, -0.15) is 0 Å². The highest BCUT2D eigenvalue weighted by atomic mass is 16.5. The maximum absolute atomic E-state index is 9.84. The molecule has 0 radical (unpaired) electrons. The van der Waals surface area contributed by atoms with Gasteiger partial charge in [-0.3, -0.25) is 4.98 Å². The molecular formula is C13H13NO3. The van der Waals surface area contributed by atoms with Gasteiger partial charge in [-0.15, -0.1) is 0 Å². The van der Waals surface area contributed by atoms with E-state index in [1.165, 1.54) is 6.07 Å². The second-order valence-electron chi connectivity index (χ2n) is 3.58. The van der Waals surface area contributed by atoms with Crippen molar-refractivity contribution in [3.05, 3.63) is 54.4 Å². The number of aliphatic hydroxyl groups is 1. The van der Waals surface area contributed by atoms with E-state index in [0.29, 0.717) is 5.75 Å². The highest BCUT2D eigenvalue weighted by molar-refractivity contribution is 5.37. The number of aliphatic hydroxyl groups excluding tert-OH is 1. The minimum absolute atomic E-state index is 0.0643. The van der Waals surface area contributed by atoms with Crippen molar-refractivity contribution in [2.24, 2.45) is 0 Å². The maximum Gasteiger partial charge on any atom is 0.161 e. The lowest BCUT2D eigenvalue weighted by Crippen LogP contribution is -2.09. The van der Waals surface area contributed by atoms with E-state index in [0.717, 1.165) is 5.56 Å². The zero-order chi connectivity index (χ0) is 12.1. The van der Waals surface area contributed by atoms with Crippen molar-refractivity contribution in [2.45, 2.75) is 6.10 Å². The Morgan fingerprint density at radius 1 is 1.12 bits per heavy atom. The summed E-state index contributed by atoms with van der Waals surface area (Å²) in [4.78, 5) is 3.87. The van der Waals surface area contributed by atoms with Crippen LogP contribution in [0.2, 0.25) is 0 Å². The lowest BCUT2D eigenvalue weighted by Gasteiger charge is -2.13. The molecule has 0 saturated carbocycles. The van der Waals surface area contributed by atoms with E-state index < -0.39 is 6.10 Å². The maximum atomic E-state index is 9.84. The third-order valence-electron chi connectivity index (χ3n) is 2.35. The Bertz CT molecular complexity index is 473. The van der Waals surface area contributed by atoms with Crippen LogP contribution in [0.5, 0.6) is 11.5 Å². The highest BCUT2D eigenvalue weighted by Crippen LogP contribution is 2.25. The van der Waals surface area contributed by atoms with Gasteiger partial charge in [-0.05, 0) is 29.8 Å². The normalized spacial score (nSPS) is 12.1. The van der Waals surface area contributed by atoms with Gasteiger partial charge in [-0.1, -0.05) is 12.1 Å². The average molecular weight is 231 g/mol. The quantitative estimate of drug-likeness (QED) is 0.843. The molecule has 1 aromatic carbocycles. The Kier molecular flexibility index (Phi) is 3.57. The Hall–Kier alpha value is -2.07. The number of pyridine rings is 1. The molecule has 17 heavy (non-hydrogen) atoms. The molecule has 0 spiro atoms. The van der Waals surface area contributed by atoms with Crippen LogP contribution in [-0.4, -0.2) is 21.8 Å². The Morgan fingerprint density at radius 2 is 1.82 bits per heavy atom. The first kappa shape index (κ1) is 11.4. The molecular weight excluding hydrogens is 218 g/mol. The van der Waals surface area contributed by atoms with Crippen LogP contribution in [0.1, 0.15) is 11.7 Å². The number of hydrogen-bond acceptors (Lipinski definition) is 4. The third kappa shape index (κ3) is 2.95. The highest BCUT2D eigenvalue weighted by Gasteiger charge is 2.09. The third-order valence-corrected chi connectivity index (χ3v) is 2.35. The number of aromatic nitrogens is 1. The van der Waals surface area contributed by atoms with E-state index in [9.17, 15) is 10.2 Å². The van der Waals surface area contributed by atoms with Crippen molar-refractivity contribution >= 4 is 0 Å². The van der Waals surface area contributed by atoms with E-state index in [4.69, 9.17) is 4.74 Å². The monoisotopic (exact) mass is 231 g/mol. The molecule has 2 aromatic rings. The fraction of sp³-hybridized carbons (Fsp3) is 0.154. The summed E-state index contributed by atoms with van der Waals surface area (Å²) in [6, 6.07) is 10.1. The van der Waals surface area contributed by atoms with E-state index in [2.05, 4.69) is 4.98 Å². The fourth-order valence-electron chi connectivity index (χ4n) is 1.43. The lowest BCUT2D eigenvalue weighted by molar-refractivity contribution is 0.106. The molecule has 2 rings (SSSR count). The first-order valence-corrected chi connectivity index (χ1v) is 5.26. The van der Waals surface area contributed by atoms with Gasteiger partial charge in [-0.25, -0.2) is 0 Å². The SMILES string of the molecule is Oc1ccccc1OCC(O)c1ccncc1. The molecule has 1 atom stereocenters. The van der Waals surface area contributed by atoms with Crippen LogP contribution < -0.4 is 4.74 Å². The molecule has 0 aliphatic heterocycles. The number of nitrogens with zero attached hydrogens (tertiary/aromatic N) is 1. The van der Waals surface area contributed by atoms with Crippen molar-refractivity contribution in [2.75, 3.05) is 6.61 Å². The van der Waals surface area contributed by atoms with Gasteiger partial charge in [0.2, 0.25) is 0 Å². The molecule has 1 unspecified atom stereocenters. The first-order valence-electron chi connectivity index (χ1n) is 5.26. The van der Waals surface area contributed by atoms with Crippen LogP contribution in [0.3, 0.4) is 0 Å². The van der Waals surface area contributed by atoms with E-state index in [1.807, 2.05) is 0 Å². The molecule has 0 amide bonds. The number of hydrogen-bond donors (Lipinski definition) is 2. The lowest BCUT2D eigenvalue weighted by atomic mass is 10.2. The Labute approximate surface area is 99.1 Å². The molecule has 1 aromatic heterocycles. The van der Waals surface area contributed by atoms with E-state index in [1.54, 1.807) is 42.7 Å². The van der Waals surface area contributed by atoms with Crippen LogP contribution in [0.4, 0.5) is 0 Å². The van der Waals surface area contributed by atoms with Crippen molar-refractivity contribution in [1.29, 1.82) is 0 Å². The topological polar surface area (TPSA) is 62.6 Å². The van der Waals surface area contributed by atoms with Crippen molar-refractivity contribution in [3.63, 3.8) is 0 Å². The van der Waals surface area contributed by atoms with E-state index in [-0.39, 0.29) is 12.4 Å². The van der Waals surface area contributed by atoms with Gasteiger partial charge in [0, 0.05) is 12.4 Å². The summed E-state index contributed by atoms with van der Waals surface area (Å²) in [5, 5.41) is 19.3. The summed E-state index contributed by atoms with van der Waals surface area (Å²) in [5.74, 6) is 0.426. The minimum atomic E-state index is -0.738. The molecule has 4 heteroatoms. The van der Waals surface area contributed by atoms with Crippen LogP contribution in [0.15, 0.2) is 48.8 Å². The van der Waals surface area contributed by atoms with Crippen molar-refractivity contribution < 1.29 is 14.9 Å². The van der Waals surface area contributed by atoms with Crippen LogP contribution in [0, 0.1) is 0 Å². The minimum Gasteiger partial charge on any atom is -0.504 e. The molecule has 0 aliphatic carbocycles. The summed E-state index contributed by atoms with van der Waals surface area (Å²) in [7, 11) is 0. The molecule has 88 valence electrons. The number of aromatic hydroxyl groups is 1. The van der Waals surface area contributed by atoms with Gasteiger partial charge in [0.15, 0.2) is 11.5 Å². The number of ether oxygens (including phenoxy) is 1.